The maximum atomic E-state index is 13.4. The number of hydrogen-bond donors (Lipinski definition) is 1. The Morgan fingerprint density at radius 3 is 2.24 bits per heavy atom. The Morgan fingerprint density at radius 2 is 1.76 bits per heavy atom. The monoisotopic (exact) mass is 350 g/mol. The highest BCUT2D eigenvalue weighted by Crippen LogP contribution is 2.59. The molecule has 4 aliphatic rings. The van der Waals surface area contributed by atoms with Crippen molar-refractivity contribution < 1.29 is 14.6 Å². The number of carbonyl (C=O) groups is 1. The minimum absolute atomic E-state index is 0.00676. The van der Waals surface area contributed by atoms with Gasteiger partial charge in [0.2, 0.25) is 0 Å². The minimum Gasteiger partial charge on any atom is -0.459 e. The summed E-state index contributed by atoms with van der Waals surface area (Å²) in [5.74, 6) is 1.91. The van der Waals surface area contributed by atoms with E-state index in [0.717, 1.165) is 44.9 Å². The molecule has 1 N–H and O–H groups in total. The Bertz CT molecular complexity index is 499. The lowest BCUT2D eigenvalue weighted by molar-refractivity contribution is -0.228. The number of rotatable bonds is 7. The fraction of sp³-hybridized carbons (Fsp3) is 0.955. The van der Waals surface area contributed by atoms with Gasteiger partial charge in [-0.15, -0.1) is 0 Å². The largest absolute Gasteiger partial charge is 0.459 e. The van der Waals surface area contributed by atoms with E-state index in [2.05, 4.69) is 34.6 Å². The molecule has 0 aliphatic heterocycles. The Morgan fingerprint density at radius 1 is 1.16 bits per heavy atom. The molecule has 0 amide bonds. The number of esters is 1. The van der Waals surface area contributed by atoms with Crippen LogP contribution in [0.3, 0.4) is 0 Å². The lowest BCUT2D eigenvalue weighted by Crippen LogP contribution is -2.61. The third-order valence-corrected chi connectivity index (χ3v) is 7.92. The SMILES string of the molecule is CCC(C)CC(C)(C(=O)OC12CC3CC(CC(O)(C3)C1)C2)C(C)CC. The first-order valence-electron chi connectivity index (χ1n) is 10.6. The van der Waals surface area contributed by atoms with Crippen molar-refractivity contribution in [2.75, 3.05) is 0 Å². The van der Waals surface area contributed by atoms with Gasteiger partial charge in [-0.05, 0) is 69.1 Å². The molecule has 0 heterocycles. The van der Waals surface area contributed by atoms with Gasteiger partial charge in [0.05, 0.1) is 11.0 Å². The second-order valence-electron chi connectivity index (χ2n) is 10.2. The third kappa shape index (κ3) is 3.50. The Hall–Kier alpha value is -0.570. The molecule has 0 aromatic rings. The minimum atomic E-state index is -0.576. The van der Waals surface area contributed by atoms with Gasteiger partial charge in [-0.2, -0.15) is 0 Å². The van der Waals surface area contributed by atoms with E-state index in [-0.39, 0.29) is 11.6 Å². The van der Waals surface area contributed by atoms with Crippen molar-refractivity contribution in [3.8, 4) is 0 Å². The standard InChI is InChI=1S/C22H38O3/c1-6-15(3)9-20(5,16(4)7-2)19(23)25-22-12-17-8-18(13-22)11-21(24,10-17)14-22/h15-18,24H,6-14H2,1-5H3. The molecule has 0 spiro atoms. The van der Waals surface area contributed by atoms with Crippen LogP contribution in [0.1, 0.15) is 92.4 Å². The van der Waals surface area contributed by atoms with Crippen molar-refractivity contribution in [1.82, 2.24) is 0 Å². The van der Waals surface area contributed by atoms with Crippen LogP contribution in [0, 0.1) is 29.1 Å². The van der Waals surface area contributed by atoms with Crippen molar-refractivity contribution in [2.24, 2.45) is 29.1 Å². The molecule has 4 saturated carbocycles. The molecule has 4 fully saturated rings. The number of ether oxygens (including phenoxy) is 1. The van der Waals surface area contributed by atoms with Gasteiger partial charge in [0.1, 0.15) is 5.60 Å². The van der Waals surface area contributed by atoms with Crippen LogP contribution in [-0.4, -0.2) is 22.3 Å². The van der Waals surface area contributed by atoms with E-state index in [9.17, 15) is 9.90 Å². The van der Waals surface area contributed by atoms with Crippen LogP contribution in [0.25, 0.3) is 0 Å². The van der Waals surface area contributed by atoms with Gasteiger partial charge in [0, 0.05) is 6.42 Å². The Balaban J connectivity index is 1.79. The lowest BCUT2D eigenvalue weighted by Gasteiger charge is -2.59. The normalized spacial score (nSPS) is 41.2. The second kappa shape index (κ2) is 6.55. The summed E-state index contributed by atoms with van der Waals surface area (Å²) in [6.45, 7) is 10.9. The van der Waals surface area contributed by atoms with E-state index in [1.165, 1.54) is 6.42 Å². The molecule has 4 rings (SSSR count). The maximum Gasteiger partial charge on any atom is 0.312 e. The molecule has 3 nitrogen and oxygen atoms in total. The Kier molecular flexibility index (Phi) is 5.03. The van der Waals surface area contributed by atoms with E-state index in [0.29, 0.717) is 30.1 Å². The van der Waals surface area contributed by atoms with E-state index in [1.807, 2.05) is 0 Å². The highest BCUT2D eigenvalue weighted by Gasteiger charge is 2.60. The first-order chi connectivity index (χ1) is 11.6. The van der Waals surface area contributed by atoms with Crippen molar-refractivity contribution >= 4 is 5.97 Å². The average Bonchev–Trinajstić information content (AvgIpc) is 2.50. The fourth-order valence-electron chi connectivity index (χ4n) is 6.37. The van der Waals surface area contributed by atoms with Crippen molar-refractivity contribution in [1.29, 1.82) is 0 Å². The summed E-state index contributed by atoms with van der Waals surface area (Å²) >= 11 is 0. The quantitative estimate of drug-likeness (QED) is 0.650. The van der Waals surface area contributed by atoms with Gasteiger partial charge < -0.3 is 9.84 Å². The summed E-state index contributed by atoms with van der Waals surface area (Å²) in [5, 5.41) is 10.9. The number of aliphatic hydroxyl groups is 1. The second-order valence-corrected chi connectivity index (χ2v) is 10.2. The zero-order valence-electron chi connectivity index (χ0n) is 16.9. The first kappa shape index (κ1) is 19.2. The number of hydrogen-bond acceptors (Lipinski definition) is 3. The van der Waals surface area contributed by atoms with Crippen LogP contribution < -0.4 is 0 Å². The molecule has 0 aromatic heterocycles. The topological polar surface area (TPSA) is 46.5 Å². The molecule has 4 aliphatic carbocycles. The molecular weight excluding hydrogens is 312 g/mol. The summed E-state index contributed by atoms with van der Waals surface area (Å²) < 4.78 is 6.35. The smallest absolute Gasteiger partial charge is 0.312 e. The van der Waals surface area contributed by atoms with Gasteiger partial charge in [0.25, 0.3) is 0 Å². The van der Waals surface area contributed by atoms with E-state index < -0.39 is 11.0 Å². The van der Waals surface area contributed by atoms with E-state index in [1.54, 1.807) is 0 Å². The fourth-order valence-corrected chi connectivity index (χ4v) is 6.37. The third-order valence-electron chi connectivity index (χ3n) is 7.92. The predicted molar refractivity (Wildman–Crippen MR) is 100 cm³/mol. The first-order valence-corrected chi connectivity index (χ1v) is 10.6. The zero-order valence-corrected chi connectivity index (χ0v) is 16.9. The molecule has 3 heteroatoms. The molecule has 4 bridgehead atoms. The molecule has 0 aromatic carbocycles. The highest BCUT2D eigenvalue weighted by atomic mass is 16.6. The zero-order chi connectivity index (χ0) is 18.5. The summed E-state index contributed by atoms with van der Waals surface area (Å²) in [5.41, 5.74) is -1.38. The van der Waals surface area contributed by atoms with Crippen LogP contribution in [-0.2, 0) is 9.53 Å². The molecule has 144 valence electrons. The van der Waals surface area contributed by atoms with Gasteiger partial charge >= 0.3 is 5.97 Å². The molecule has 5 atom stereocenters. The van der Waals surface area contributed by atoms with Gasteiger partial charge in [-0.3, -0.25) is 4.79 Å². The summed E-state index contributed by atoms with van der Waals surface area (Å²) in [6, 6.07) is 0. The molecule has 5 unspecified atom stereocenters. The van der Waals surface area contributed by atoms with Crippen molar-refractivity contribution in [2.45, 2.75) is 104 Å². The molecule has 0 saturated heterocycles. The molecule has 0 radical (unpaired) electrons. The van der Waals surface area contributed by atoms with Crippen LogP contribution in [0.15, 0.2) is 0 Å². The summed E-state index contributed by atoms with van der Waals surface area (Å²) in [6.07, 6.45) is 8.63. The average molecular weight is 351 g/mol. The predicted octanol–water partition coefficient (Wildman–Crippen LogP) is 5.10. The van der Waals surface area contributed by atoms with E-state index >= 15 is 0 Å². The summed E-state index contributed by atoms with van der Waals surface area (Å²) in [7, 11) is 0. The van der Waals surface area contributed by atoms with Crippen molar-refractivity contribution in [3.05, 3.63) is 0 Å². The lowest BCUT2D eigenvalue weighted by atomic mass is 9.52. The summed E-state index contributed by atoms with van der Waals surface area (Å²) in [4.78, 5) is 13.4. The van der Waals surface area contributed by atoms with Gasteiger partial charge in [0.15, 0.2) is 0 Å². The van der Waals surface area contributed by atoms with E-state index in [4.69, 9.17) is 4.74 Å². The van der Waals surface area contributed by atoms with Gasteiger partial charge in [-0.25, -0.2) is 0 Å². The van der Waals surface area contributed by atoms with Gasteiger partial charge in [-0.1, -0.05) is 40.5 Å². The Labute approximate surface area is 153 Å². The number of carbonyl (C=O) groups excluding carboxylic acids is 1. The molecular formula is C22H38O3. The van der Waals surface area contributed by atoms with Crippen LogP contribution in [0.5, 0.6) is 0 Å². The maximum absolute atomic E-state index is 13.4. The van der Waals surface area contributed by atoms with Crippen molar-refractivity contribution in [3.63, 3.8) is 0 Å². The highest BCUT2D eigenvalue weighted by molar-refractivity contribution is 5.77. The van der Waals surface area contributed by atoms with Crippen LogP contribution in [0.4, 0.5) is 0 Å². The van der Waals surface area contributed by atoms with Crippen LogP contribution >= 0.6 is 0 Å². The van der Waals surface area contributed by atoms with Crippen LogP contribution in [0.2, 0.25) is 0 Å². The molecule has 25 heavy (non-hydrogen) atoms.